The highest BCUT2D eigenvalue weighted by atomic mass is 16.5. The molecule has 0 rings (SSSR count). The van der Waals surface area contributed by atoms with Crippen molar-refractivity contribution in [2.75, 3.05) is 13.2 Å². The molecule has 0 fully saturated rings. The summed E-state index contributed by atoms with van der Waals surface area (Å²) in [6.45, 7) is 4.98. The summed E-state index contributed by atoms with van der Waals surface area (Å²) in [5.41, 5.74) is 0. The summed E-state index contributed by atoms with van der Waals surface area (Å²) in [4.78, 5) is 24.6. The van der Waals surface area contributed by atoms with Crippen molar-refractivity contribution in [3.05, 3.63) is 36.5 Å². The summed E-state index contributed by atoms with van der Waals surface area (Å²) < 4.78 is 5.48. The summed E-state index contributed by atoms with van der Waals surface area (Å²) in [6.07, 6.45) is 93.5. The molecule has 1 amide bonds. The lowest BCUT2D eigenvalue weighted by molar-refractivity contribution is -0.143. The van der Waals surface area contributed by atoms with Crippen molar-refractivity contribution in [2.24, 2.45) is 0 Å². The van der Waals surface area contributed by atoms with E-state index in [9.17, 15) is 19.8 Å². The number of carbonyl (C=O) groups excluding carboxylic acids is 2. The number of ether oxygens (including phenoxy) is 1. The van der Waals surface area contributed by atoms with E-state index in [1.54, 1.807) is 0 Å². The molecule has 0 bridgehead atoms. The zero-order valence-corrected chi connectivity index (χ0v) is 56.2. The predicted molar refractivity (Wildman–Crippen MR) is 366 cm³/mol. The number of esters is 1. The number of rotatable bonds is 71. The molecule has 0 aliphatic carbocycles. The third kappa shape index (κ3) is 69.1. The van der Waals surface area contributed by atoms with Gasteiger partial charge in [-0.15, -0.1) is 0 Å². The Hall–Kier alpha value is -1.92. The summed E-state index contributed by atoms with van der Waals surface area (Å²) in [5.74, 6) is -0.0305. The van der Waals surface area contributed by atoms with Gasteiger partial charge in [0.15, 0.2) is 0 Å². The third-order valence-electron chi connectivity index (χ3n) is 17.7. The summed E-state index contributed by atoms with van der Waals surface area (Å²) in [6, 6.07) is -0.546. The Kier molecular flexibility index (Phi) is 70.9. The van der Waals surface area contributed by atoms with E-state index in [2.05, 4.69) is 55.6 Å². The van der Waals surface area contributed by atoms with E-state index in [-0.39, 0.29) is 18.5 Å². The monoisotopic (exact) mass is 1170 g/mol. The van der Waals surface area contributed by atoms with Gasteiger partial charge in [-0.2, -0.15) is 0 Å². The second-order valence-electron chi connectivity index (χ2n) is 26.0. The molecule has 0 aromatic heterocycles. The number of allylic oxidation sites excluding steroid dienone is 6. The van der Waals surface area contributed by atoms with Crippen molar-refractivity contribution in [3.8, 4) is 0 Å². The first-order valence-corrected chi connectivity index (χ1v) is 37.7. The van der Waals surface area contributed by atoms with Gasteiger partial charge in [-0.1, -0.05) is 359 Å². The molecule has 6 heteroatoms. The molecule has 490 valence electrons. The molecule has 0 aromatic rings. The maximum absolute atomic E-state index is 12.6. The molecule has 0 aromatic carbocycles. The maximum atomic E-state index is 12.6. The fraction of sp³-hybridized carbons (Fsp3) is 0.896. The molecule has 3 N–H and O–H groups in total. The van der Waals surface area contributed by atoms with Gasteiger partial charge in [0.25, 0.3) is 0 Å². The molecule has 0 saturated carbocycles. The van der Waals surface area contributed by atoms with E-state index in [1.807, 2.05) is 0 Å². The smallest absolute Gasteiger partial charge is 0.305 e. The first-order valence-electron chi connectivity index (χ1n) is 37.7. The van der Waals surface area contributed by atoms with Crippen molar-refractivity contribution in [1.29, 1.82) is 0 Å². The fourth-order valence-corrected chi connectivity index (χ4v) is 11.9. The molecule has 0 aliphatic rings. The minimum Gasteiger partial charge on any atom is -0.466 e. The van der Waals surface area contributed by atoms with Gasteiger partial charge in [-0.25, -0.2) is 0 Å². The zero-order valence-electron chi connectivity index (χ0n) is 56.2. The van der Waals surface area contributed by atoms with E-state index >= 15 is 0 Å². The van der Waals surface area contributed by atoms with Crippen molar-refractivity contribution in [3.63, 3.8) is 0 Å². The predicted octanol–water partition coefficient (Wildman–Crippen LogP) is 24.7. The van der Waals surface area contributed by atoms with Crippen LogP contribution in [0.1, 0.15) is 418 Å². The molecule has 0 heterocycles. The Balaban J connectivity index is 3.42. The summed E-state index contributed by atoms with van der Waals surface area (Å²) >= 11 is 0. The number of hydrogen-bond donors (Lipinski definition) is 3. The zero-order chi connectivity index (χ0) is 59.9. The molecular weight excluding hydrogens is 1020 g/mol. The molecule has 0 aliphatic heterocycles. The van der Waals surface area contributed by atoms with Crippen molar-refractivity contribution < 1.29 is 24.5 Å². The van der Waals surface area contributed by atoms with Crippen LogP contribution in [0.2, 0.25) is 0 Å². The molecule has 0 spiro atoms. The molecule has 2 atom stereocenters. The van der Waals surface area contributed by atoms with Crippen LogP contribution in [-0.4, -0.2) is 47.4 Å². The molecular formula is C77H147NO5. The van der Waals surface area contributed by atoms with Crippen LogP contribution in [0.3, 0.4) is 0 Å². The maximum Gasteiger partial charge on any atom is 0.305 e. The summed E-state index contributed by atoms with van der Waals surface area (Å²) in [7, 11) is 0. The molecule has 0 saturated heterocycles. The molecule has 0 radical (unpaired) electrons. The van der Waals surface area contributed by atoms with Crippen molar-refractivity contribution in [1.82, 2.24) is 5.32 Å². The van der Waals surface area contributed by atoms with Crippen LogP contribution in [0.15, 0.2) is 36.5 Å². The lowest BCUT2D eigenvalue weighted by atomic mass is 10.0. The van der Waals surface area contributed by atoms with E-state index < -0.39 is 12.1 Å². The van der Waals surface area contributed by atoms with E-state index in [1.165, 1.54) is 334 Å². The van der Waals surface area contributed by atoms with Crippen LogP contribution in [0, 0.1) is 0 Å². The van der Waals surface area contributed by atoms with Gasteiger partial charge < -0.3 is 20.3 Å². The molecule has 83 heavy (non-hydrogen) atoms. The Morgan fingerprint density at radius 2 is 0.602 bits per heavy atom. The third-order valence-corrected chi connectivity index (χ3v) is 17.7. The largest absolute Gasteiger partial charge is 0.466 e. The van der Waals surface area contributed by atoms with E-state index in [0.29, 0.717) is 25.9 Å². The van der Waals surface area contributed by atoms with Crippen LogP contribution >= 0.6 is 0 Å². The average Bonchev–Trinajstić information content (AvgIpc) is 3.49. The lowest BCUT2D eigenvalue weighted by Crippen LogP contribution is -2.45. The van der Waals surface area contributed by atoms with E-state index in [4.69, 9.17) is 4.74 Å². The number of aliphatic hydroxyl groups is 2. The normalized spacial score (nSPS) is 12.7. The van der Waals surface area contributed by atoms with Gasteiger partial charge in [0.1, 0.15) is 0 Å². The molecule has 6 nitrogen and oxygen atoms in total. The number of nitrogens with one attached hydrogen (secondary N) is 1. The van der Waals surface area contributed by atoms with Crippen LogP contribution in [0.4, 0.5) is 0 Å². The highest BCUT2D eigenvalue weighted by Crippen LogP contribution is 2.19. The van der Waals surface area contributed by atoms with E-state index in [0.717, 1.165) is 51.4 Å². The SMILES string of the molecule is CCCCCCC/C=C\CCCCCCCC(=O)OCCCCCCCCCCC/C=C\C/C=C\CCCCCCCCCCCCCC(=O)NC(CO)C(O)CCCCCCCCCCCCCCCCCCCCCCCCCCC. The lowest BCUT2D eigenvalue weighted by Gasteiger charge is -2.22. The minimum absolute atomic E-state index is 0.00279. The standard InChI is InChI=1S/C77H147NO5/c1-3-5-7-9-11-13-15-17-19-20-21-22-23-27-30-33-36-39-42-45-49-53-57-61-65-69-75(80)74(73-79)78-76(81)70-66-62-58-54-50-46-43-40-37-34-31-28-25-24-26-29-32-35-38-41-44-48-52-56-60-64-68-72-83-77(82)71-67-63-59-55-51-47-18-16-14-12-10-8-6-4-2/h16,18,24-25,29,32,74-75,79-80H,3-15,17,19-23,26-28,30-31,33-73H2,1-2H3,(H,78,81)/b18-16-,25-24-,32-29-. The number of carbonyl (C=O) groups is 2. The number of aliphatic hydroxyl groups excluding tert-OH is 2. The number of unbranched alkanes of at least 4 members (excludes halogenated alkanes) is 54. The minimum atomic E-state index is -0.669. The number of hydrogen-bond acceptors (Lipinski definition) is 5. The fourth-order valence-electron chi connectivity index (χ4n) is 11.9. The Labute approximate surface area is 519 Å². The van der Waals surface area contributed by atoms with Gasteiger partial charge in [0.05, 0.1) is 25.4 Å². The van der Waals surface area contributed by atoms with Gasteiger partial charge in [-0.05, 0) is 83.5 Å². The Bertz CT molecular complexity index is 1340. The number of amides is 1. The first-order chi connectivity index (χ1) is 41.0. The van der Waals surface area contributed by atoms with Gasteiger partial charge in [0.2, 0.25) is 5.91 Å². The molecule has 2 unspecified atom stereocenters. The quantitative estimate of drug-likeness (QED) is 0.0320. The van der Waals surface area contributed by atoms with Crippen LogP contribution in [-0.2, 0) is 14.3 Å². The van der Waals surface area contributed by atoms with Crippen molar-refractivity contribution >= 4 is 11.9 Å². The second kappa shape index (κ2) is 72.6. The van der Waals surface area contributed by atoms with Gasteiger partial charge in [0, 0.05) is 12.8 Å². The van der Waals surface area contributed by atoms with Crippen molar-refractivity contribution in [2.45, 2.75) is 431 Å². The highest BCUT2D eigenvalue weighted by molar-refractivity contribution is 5.76. The highest BCUT2D eigenvalue weighted by Gasteiger charge is 2.20. The Morgan fingerprint density at radius 3 is 0.928 bits per heavy atom. The van der Waals surface area contributed by atoms with Crippen LogP contribution < -0.4 is 5.32 Å². The Morgan fingerprint density at radius 1 is 0.337 bits per heavy atom. The van der Waals surface area contributed by atoms with Gasteiger partial charge in [-0.3, -0.25) is 9.59 Å². The average molecular weight is 1170 g/mol. The second-order valence-corrected chi connectivity index (χ2v) is 26.0. The van der Waals surface area contributed by atoms with Gasteiger partial charge >= 0.3 is 5.97 Å². The summed E-state index contributed by atoms with van der Waals surface area (Å²) in [5, 5.41) is 23.5. The topological polar surface area (TPSA) is 95.9 Å². The van der Waals surface area contributed by atoms with Crippen LogP contribution in [0.25, 0.3) is 0 Å². The van der Waals surface area contributed by atoms with Crippen LogP contribution in [0.5, 0.6) is 0 Å². The first kappa shape index (κ1) is 81.1.